The standard InChI is InChI=1S/C19H16F2N4O/c20-15-5-1-13(2-6-15)11-12-22-17-9-10-18(25-24-17)23-19(26)14-3-7-16(21)8-4-14/h1-10H,11-12H2,(H,22,24)(H,23,25,26). The van der Waals surface area contributed by atoms with E-state index >= 15 is 0 Å². The third-order valence-electron chi connectivity index (χ3n) is 3.65. The lowest BCUT2D eigenvalue weighted by atomic mass is 10.1. The van der Waals surface area contributed by atoms with Crippen molar-refractivity contribution >= 4 is 17.5 Å². The number of aromatic nitrogens is 2. The van der Waals surface area contributed by atoms with Crippen molar-refractivity contribution in [3.8, 4) is 0 Å². The van der Waals surface area contributed by atoms with E-state index in [9.17, 15) is 13.6 Å². The van der Waals surface area contributed by atoms with E-state index in [-0.39, 0.29) is 5.82 Å². The number of hydrogen-bond donors (Lipinski definition) is 2. The Morgan fingerprint density at radius 1 is 0.808 bits per heavy atom. The van der Waals surface area contributed by atoms with Crippen LogP contribution in [0.3, 0.4) is 0 Å². The van der Waals surface area contributed by atoms with Crippen LogP contribution in [0, 0.1) is 11.6 Å². The first-order chi connectivity index (χ1) is 12.6. The molecule has 0 aliphatic carbocycles. The van der Waals surface area contributed by atoms with Crippen molar-refractivity contribution in [2.75, 3.05) is 17.2 Å². The minimum atomic E-state index is -0.405. The van der Waals surface area contributed by atoms with Gasteiger partial charge in [0.1, 0.15) is 17.5 Å². The molecule has 7 heteroatoms. The maximum Gasteiger partial charge on any atom is 0.256 e. The summed E-state index contributed by atoms with van der Waals surface area (Å²) in [5.74, 6) is -0.199. The van der Waals surface area contributed by atoms with E-state index in [1.165, 1.54) is 36.4 Å². The van der Waals surface area contributed by atoms with Gasteiger partial charge in [0.25, 0.3) is 5.91 Å². The Kier molecular flexibility index (Phi) is 5.48. The highest BCUT2D eigenvalue weighted by molar-refractivity contribution is 6.03. The molecule has 0 bridgehead atoms. The fraction of sp³-hybridized carbons (Fsp3) is 0.105. The Morgan fingerprint density at radius 3 is 2.00 bits per heavy atom. The Morgan fingerprint density at radius 2 is 1.38 bits per heavy atom. The van der Waals surface area contributed by atoms with Crippen LogP contribution in [-0.2, 0) is 6.42 Å². The number of carbonyl (C=O) groups is 1. The molecule has 1 amide bonds. The molecule has 0 spiro atoms. The fourth-order valence-electron chi connectivity index (χ4n) is 2.27. The van der Waals surface area contributed by atoms with Gasteiger partial charge in [-0.1, -0.05) is 12.1 Å². The summed E-state index contributed by atoms with van der Waals surface area (Å²) in [4.78, 5) is 12.0. The molecule has 0 unspecified atom stereocenters. The predicted octanol–water partition coefficient (Wildman–Crippen LogP) is 3.66. The molecule has 3 aromatic rings. The van der Waals surface area contributed by atoms with E-state index in [1.54, 1.807) is 24.3 Å². The number of hydrogen-bond acceptors (Lipinski definition) is 4. The Labute approximate surface area is 149 Å². The number of nitrogens with one attached hydrogen (secondary N) is 2. The van der Waals surface area contributed by atoms with Gasteiger partial charge in [-0.05, 0) is 60.5 Å². The second-order valence-electron chi connectivity index (χ2n) is 5.57. The van der Waals surface area contributed by atoms with Gasteiger partial charge in [0.05, 0.1) is 0 Å². The third kappa shape index (κ3) is 4.83. The molecule has 0 aliphatic rings. The molecule has 0 saturated heterocycles. The second kappa shape index (κ2) is 8.15. The lowest BCUT2D eigenvalue weighted by Crippen LogP contribution is -2.14. The number of anilines is 2. The Bertz CT molecular complexity index is 866. The van der Waals surface area contributed by atoms with E-state index in [4.69, 9.17) is 0 Å². The van der Waals surface area contributed by atoms with E-state index < -0.39 is 11.7 Å². The number of carbonyl (C=O) groups excluding carboxylic acids is 1. The van der Waals surface area contributed by atoms with Crippen molar-refractivity contribution in [3.05, 3.63) is 83.4 Å². The first-order valence-electron chi connectivity index (χ1n) is 7.99. The molecule has 0 saturated carbocycles. The number of amides is 1. The monoisotopic (exact) mass is 354 g/mol. The minimum Gasteiger partial charge on any atom is -0.368 e. The molecular formula is C19H16F2N4O. The summed E-state index contributed by atoms with van der Waals surface area (Å²) in [6, 6.07) is 14.8. The number of nitrogens with zero attached hydrogens (tertiary/aromatic N) is 2. The van der Waals surface area contributed by atoms with Gasteiger partial charge in [0.2, 0.25) is 0 Å². The quantitative estimate of drug-likeness (QED) is 0.709. The van der Waals surface area contributed by atoms with Crippen LogP contribution < -0.4 is 10.6 Å². The minimum absolute atomic E-state index is 0.258. The van der Waals surface area contributed by atoms with Crippen LogP contribution in [-0.4, -0.2) is 22.6 Å². The fourth-order valence-corrected chi connectivity index (χ4v) is 2.27. The molecule has 3 rings (SSSR count). The van der Waals surface area contributed by atoms with E-state index in [0.29, 0.717) is 30.2 Å². The van der Waals surface area contributed by atoms with Gasteiger partial charge in [-0.15, -0.1) is 10.2 Å². The van der Waals surface area contributed by atoms with Crippen LogP contribution in [0.25, 0.3) is 0 Å². The summed E-state index contributed by atoms with van der Waals surface area (Å²) >= 11 is 0. The summed E-state index contributed by atoms with van der Waals surface area (Å²) in [7, 11) is 0. The van der Waals surface area contributed by atoms with Crippen molar-refractivity contribution in [3.63, 3.8) is 0 Å². The van der Waals surface area contributed by atoms with Gasteiger partial charge in [-0.25, -0.2) is 8.78 Å². The average molecular weight is 354 g/mol. The second-order valence-corrected chi connectivity index (χ2v) is 5.57. The predicted molar refractivity (Wildman–Crippen MR) is 95.0 cm³/mol. The smallest absolute Gasteiger partial charge is 0.256 e. The molecule has 26 heavy (non-hydrogen) atoms. The normalized spacial score (nSPS) is 10.4. The van der Waals surface area contributed by atoms with Gasteiger partial charge in [0.15, 0.2) is 5.82 Å². The Hall–Kier alpha value is -3.35. The van der Waals surface area contributed by atoms with Crippen molar-refractivity contribution in [2.45, 2.75) is 6.42 Å². The Balaban J connectivity index is 1.50. The SMILES string of the molecule is O=C(Nc1ccc(NCCc2ccc(F)cc2)nn1)c1ccc(F)cc1. The topological polar surface area (TPSA) is 66.9 Å². The van der Waals surface area contributed by atoms with Crippen LogP contribution in [0.4, 0.5) is 20.4 Å². The number of rotatable bonds is 6. The molecule has 0 aliphatic heterocycles. The molecule has 0 atom stereocenters. The number of halogens is 2. The van der Waals surface area contributed by atoms with E-state index in [2.05, 4.69) is 20.8 Å². The number of benzene rings is 2. The van der Waals surface area contributed by atoms with Gasteiger partial charge in [-0.3, -0.25) is 4.79 Å². The summed E-state index contributed by atoms with van der Waals surface area (Å²) in [6.07, 6.45) is 0.713. The highest BCUT2D eigenvalue weighted by Crippen LogP contribution is 2.10. The van der Waals surface area contributed by atoms with Crippen LogP contribution >= 0.6 is 0 Å². The first kappa shape index (κ1) is 17.5. The van der Waals surface area contributed by atoms with Gasteiger partial charge in [0, 0.05) is 12.1 Å². The van der Waals surface area contributed by atoms with E-state index in [0.717, 1.165) is 5.56 Å². The van der Waals surface area contributed by atoms with Crippen molar-refractivity contribution < 1.29 is 13.6 Å². The highest BCUT2D eigenvalue weighted by Gasteiger charge is 2.07. The lowest BCUT2D eigenvalue weighted by molar-refractivity contribution is 0.102. The van der Waals surface area contributed by atoms with Crippen LogP contribution in [0.1, 0.15) is 15.9 Å². The molecule has 0 radical (unpaired) electrons. The maximum absolute atomic E-state index is 12.9. The maximum atomic E-state index is 12.9. The first-order valence-corrected chi connectivity index (χ1v) is 7.99. The zero-order valence-corrected chi connectivity index (χ0v) is 13.7. The van der Waals surface area contributed by atoms with Crippen molar-refractivity contribution in [2.24, 2.45) is 0 Å². The summed E-state index contributed by atoms with van der Waals surface area (Å²) in [6.45, 7) is 0.613. The van der Waals surface area contributed by atoms with Gasteiger partial charge >= 0.3 is 0 Å². The van der Waals surface area contributed by atoms with Crippen molar-refractivity contribution in [1.29, 1.82) is 0 Å². The highest BCUT2D eigenvalue weighted by atomic mass is 19.1. The average Bonchev–Trinajstić information content (AvgIpc) is 2.65. The molecule has 5 nitrogen and oxygen atoms in total. The summed E-state index contributed by atoms with van der Waals surface area (Å²) in [5.41, 5.74) is 1.34. The largest absolute Gasteiger partial charge is 0.368 e. The van der Waals surface area contributed by atoms with Crippen LogP contribution in [0.5, 0.6) is 0 Å². The molecule has 1 aromatic heterocycles. The summed E-state index contributed by atoms with van der Waals surface area (Å²) < 4.78 is 25.7. The molecular weight excluding hydrogens is 338 g/mol. The van der Waals surface area contributed by atoms with Gasteiger partial charge < -0.3 is 10.6 Å². The zero-order chi connectivity index (χ0) is 18.4. The molecule has 1 heterocycles. The van der Waals surface area contributed by atoms with Crippen LogP contribution in [0.2, 0.25) is 0 Å². The molecule has 132 valence electrons. The molecule has 2 aromatic carbocycles. The third-order valence-corrected chi connectivity index (χ3v) is 3.65. The zero-order valence-electron chi connectivity index (χ0n) is 13.7. The van der Waals surface area contributed by atoms with E-state index in [1.807, 2.05) is 0 Å². The molecule has 2 N–H and O–H groups in total. The van der Waals surface area contributed by atoms with Gasteiger partial charge in [-0.2, -0.15) is 0 Å². The lowest BCUT2D eigenvalue weighted by Gasteiger charge is -2.07. The molecule has 0 fully saturated rings. The van der Waals surface area contributed by atoms with Crippen LogP contribution in [0.15, 0.2) is 60.7 Å². The summed E-state index contributed by atoms with van der Waals surface area (Å²) in [5, 5.41) is 13.6. The van der Waals surface area contributed by atoms with Crippen molar-refractivity contribution in [1.82, 2.24) is 10.2 Å².